The number of nitrogens with one attached hydrogen (secondary N) is 1. The lowest BCUT2D eigenvalue weighted by molar-refractivity contribution is -0.146. The quantitative estimate of drug-likeness (QED) is 0.529. The Hall–Kier alpha value is -3.55. The number of benzene rings is 1. The Labute approximate surface area is 203 Å². The van der Waals surface area contributed by atoms with Gasteiger partial charge >= 0.3 is 0 Å². The highest BCUT2D eigenvalue weighted by Crippen LogP contribution is 2.26. The van der Waals surface area contributed by atoms with Gasteiger partial charge in [0.25, 0.3) is 5.91 Å². The number of fused-ring (bicyclic) bond motifs is 1. The van der Waals surface area contributed by atoms with E-state index < -0.39 is 18.1 Å². The largest absolute Gasteiger partial charge is 0.390 e. The molecule has 2 aromatic rings. The second kappa shape index (κ2) is 12.2. The summed E-state index contributed by atoms with van der Waals surface area (Å²) >= 11 is 0. The first-order valence-corrected chi connectivity index (χ1v) is 11.5. The molecule has 0 radical (unpaired) electrons. The molecule has 2 aliphatic rings. The number of hydrogen-bond donors (Lipinski definition) is 3. The molecule has 186 valence electrons. The molecule has 3 N–H and O–H groups in total. The molecular formula is C25H30FN5O4. The van der Waals surface area contributed by atoms with Crippen molar-refractivity contribution in [3.63, 3.8) is 0 Å². The zero-order valence-electron chi connectivity index (χ0n) is 19.6. The van der Waals surface area contributed by atoms with Crippen LogP contribution in [0, 0.1) is 23.1 Å². The maximum atomic E-state index is 13.1. The molecule has 0 aliphatic carbocycles. The number of hydrogen-bond acceptors (Lipinski definition) is 7. The standard InChI is InChI=1S/C14H16FN3O.C11H14N2O3/c15-13-1-2-14(12(7-13)8-16)18-5-3-11(4-6-18)9-17-10-19;1-7(14)10(15)11(16)13-5-8-2-3-12-4-9(8)6-13/h1-2,7,10-11H,3-6,9H2,(H,17,19);2-4,7,10,14-15H,5-6H2,1H3/t;7-,10+/m.0/s1. The normalized spacial score (nSPS) is 16.9. The number of piperidine rings is 1. The van der Waals surface area contributed by atoms with E-state index in [1.54, 1.807) is 18.5 Å². The second-order valence-electron chi connectivity index (χ2n) is 8.75. The molecule has 2 aliphatic heterocycles. The molecule has 0 unspecified atom stereocenters. The van der Waals surface area contributed by atoms with Gasteiger partial charge in [-0.2, -0.15) is 5.26 Å². The summed E-state index contributed by atoms with van der Waals surface area (Å²) in [6, 6.07) is 8.22. The van der Waals surface area contributed by atoms with Gasteiger partial charge in [0.05, 0.1) is 17.4 Å². The minimum absolute atomic E-state index is 0.379. The molecular weight excluding hydrogens is 453 g/mol. The van der Waals surface area contributed by atoms with Crippen molar-refractivity contribution in [2.75, 3.05) is 24.5 Å². The summed E-state index contributed by atoms with van der Waals surface area (Å²) in [6.45, 7) is 4.67. The zero-order valence-corrected chi connectivity index (χ0v) is 19.6. The van der Waals surface area contributed by atoms with Crippen molar-refractivity contribution in [3.8, 4) is 6.07 Å². The van der Waals surface area contributed by atoms with E-state index in [4.69, 9.17) is 10.4 Å². The number of nitrogens with zero attached hydrogens (tertiary/aromatic N) is 4. The fourth-order valence-electron chi connectivity index (χ4n) is 4.24. The van der Waals surface area contributed by atoms with Gasteiger partial charge < -0.3 is 25.3 Å². The lowest BCUT2D eigenvalue weighted by atomic mass is 9.96. The Bertz CT molecular complexity index is 1040. The van der Waals surface area contributed by atoms with Crippen LogP contribution in [0.3, 0.4) is 0 Å². The average molecular weight is 484 g/mol. The second-order valence-corrected chi connectivity index (χ2v) is 8.75. The van der Waals surface area contributed by atoms with Gasteiger partial charge in [-0.3, -0.25) is 14.6 Å². The number of pyridine rings is 1. The van der Waals surface area contributed by atoms with Gasteiger partial charge in [-0.1, -0.05) is 0 Å². The molecule has 0 spiro atoms. The molecule has 1 aromatic carbocycles. The highest BCUT2D eigenvalue weighted by molar-refractivity contribution is 5.81. The van der Waals surface area contributed by atoms with Gasteiger partial charge in [0.1, 0.15) is 11.9 Å². The van der Waals surface area contributed by atoms with Crippen molar-refractivity contribution in [3.05, 3.63) is 59.2 Å². The Kier molecular flexibility index (Phi) is 9.11. The van der Waals surface area contributed by atoms with Crippen LogP contribution < -0.4 is 10.2 Å². The third-order valence-corrected chi connectivity index (χ3v) is 6.27. The highest BCUT2D eigenvalue weighted by atomic mass is 19.1. The van der Waals surface area contributed by atoms with Crippen LogP contribution in [0.25, 0.3) is 0 Å². The first-order chi connectivity index (χ1) is 16.8. The predicted octanol–water partition coefficient (Wildman–Crippen LogP) is 1.33. The Morgan fingerprint density at radius 2 is 2.00 bits per heavy atom. The average Bonchev–Trinajstić information content (AvgIpc) is 3.31. The van der Waals surface area contributed by atoms with E-state index in [-0.39, 0.29) is 5.82 Å². The molecule has 0 saturated carbocycles. The number of rotatable bonds is 6. The van der Waals surface area contributed by atoms with E-state index in [0.29, 0.717) is 31.1 Å². The van der Waals surface area contributed by atoms with Gasteiger partial charge in [0.2, 0.25) is 6.41 Å². The van der Waals surface area contributed by atoms with Crippen molar-refractivity contribution < 1.29 is 24.2 Å². The fourth-order valence-corrected chi connectivity index (χ4v) is 4.24. The lowest BCUT2D eigenvalue weighted by Crippen LogP contribution is -2.41. The minimum atomic E-state index is -1.35. The summed E-state index contributed by atoms with van der Waals surface area (Å²) in [5.74, 6) is -0.344. The summed E-state index contributed by atoms with van der Waals surface area (Å²) in [6.07, 6.45) is 3.65. The monoisotopic (exact) mass is 483 g/mol. The zero-order chi connectivity index (χ0) is 25.4. The molecule has 4 rings (SSSR count). The van der Waals surface area contributed by atoms with Crippen molar-refractivity contribution in [1.82, 2.24) is 15.2 Å². The van der Waals surface area contributed by atoms with E-state index in [1.165, 1.54) is 24.0 Å². The van der Waals surface area contributed by atoms with E-state index in [9.17, 15) is 19.1 Å². The lowest BCUT2D eigenvalue weighted by Gasteiger charge is -2.34. The van der Waals surface area contributed by atoms with Crippen LogP contribution in [-0.4, -0.2) is 64.3 Å². The maximum Gasteiger partial charge on any atom is 0.254 e. The van der Waals surface area contributed by atoms with Gasteiger partial charge in [-0.05, 0) is 61.1 Å². The Morgan fingerprint density at radius 3 is 2.63 bits per heavy atom. The van der Waals surface area contributed by atoms with Crippen LogP contribution in [0.2, 0.25) is 0 Å². The summed E-state index contributed by atoms with van der Waals surface area (Å²) in [5, 5.41) is 30.4. The third-order valence-electron chi connectivity index (χ3n) is 6.27. The van der Waals surface area contributed by atoms with Crippen LogP contribution in [-0.2, 0) is 22.7 Å². The molecule has 0 bridgehead atoms. The molecule has 2 atom stereocenters. The topological polar surface area (TPSA) is 130 Å². The van der Waals surface area contributed by atoms with Crippen LogP contribution in [0.1, 0.15) is 36.5 Å². The smallest absolute Gasteiger partial charge is 0.254 e. The summed E-state index contributed by atoms with van der Waals surface area (Å²) < 4.78 is 13.1. The molecule has 9 nitrogen and oxygen atoms in total. The molecule has 2 amide bonds. The molecule has 10 heteroatoms. The molecule has 3 heterocycles. The first kappa shape index (κ1) is 26.1. The van der Waals surface area contributed by atoms with E-state index in [0.717, 1.165) is 49.2 Å². The fraction of sp³-hybridized carbons (Fsp3) is 0.440. The van der Waals surface area contributed by atoms with E-state index in [2.05, 4.69) is 15.2 Å². The number of aliphatic hydroxyl groups excluding tert-OH is 2. The molecule has 1 fully saturated rings. The van der Waals surface area contributed by atoms with Gasteiger partial charge in [0, 0.05) is 45.1 Å². The molecule has 35 heavy (non-hydrogen) atoms. The predicted molar refractivity (Wildman–Crippen MR) is 126 cm³/mol. The van der Waals surface area contributed by atoms with E-state index >= 15 is 0 Å². The number of carbonyl (C=O) groups is 2. The van der Waals surface area contributed by atoms with Crippen LogP contribution in [0.4, 0.5) is 10.1 Å². The number of nitriles is 1. The highest BCUT2D eigenvalue weighted by Gasteiger charge is 2.30. The summed E-state index contributed by atoms with van der Waals surface area (Å²) in [4.78, 5) is 29.6. The van der Waals surface area contributed by atoms with Crippen LogP contribution in [0.15, 0.2) is 36.7 Å². The summed E-state index contributed by atoms with van der Waals surface area (Å²) in [7, 11) is 0. The summed E-state index contributed by atoms with van der Waals surface area (Å²) in [5.41, 5.74) is 3.21. The molecule has 1 aromatic heterocycles. The van der Waals surface area contributed by atoms with Gasteiger partial charge in [-0.25, -0.2) is 4.39 Å². The number of aromatic nitrogens is 1. The van der Waals surface area contributed by atoms with Gasteiger partial charge in [0.15, 0.2) is 6.10 Å². The Balaban J connectivity index is 0.000000198. The first-order valence-electron chi connectivity index (χ1n) is 11.5. The van der Waals surface area contributed by atoms with Crippen molar-refractivity contribution in [1.29, 1.82) is 5.26 Å². The van der Waals surface area contributed by atoms with Crippen molar-refractivity contribution in [2.45, 2.75) is 45.1 Å². The number of anilines is 1. The van der Waals surface area contributed by atoms with Crippen molar-refractivity contribution in [2.24, 2.45) is 5.92 Å². The molecule has 1 saturated heterocycles. The van der Waals surface area contributed by atoms with E-state index in [1.807, 2.05) is 12.1 Å². The number of aliphatic hydroxyl groups is 2. The Morgan fingerprint density at radius 1 is 1.29 bits per heavy atom. The minimum Gasteiger partial charge on any atom is -0.390 e. The third kappa shape index (κ3) is 6.74. The SMILES string of the molecule is C[C@H](O)[C@@H](O)C(=O)N1Cc2ccncc2C1.N#Cc1cc(F)ccc1N1CCC(CNC=O)CC1. The number of halogens is 1. The van der Waals surface area contributed by atoms with Crippen LogP contribution in [0.5, 0.6) is 0 Å². The van der Waals surface area contributed by atoms with Gasteiger partial charge in [-0.15, -0.1) is 0 Å². The van der Waals surface area contributed by atoms with Crippen LogP contribution >= 0.6 is 0 Å². The van der Waals surface area contributed by atoms with Crippen molar-refractivity contribution >= 4 is 18.0 Å². The number of amides is 2. The maximum absolute atomic E-state index is 13.1. The number of carbonyl (C=O) groups excluding carboxylic acids is 2.